The summed E-state index contributed by atoms with van der Waals surface area (Å²) in [6, 6.07) is 0. The van der Waals surface area contributed by atoms with Crippen LogP contribution in [0.5, 0.6) is 0 Å². The zero-order valence-corrected chi connectivity index (χ0v) is 13.2. The minimum absolute atomic E-state index is 0.234. The van der Waals surface area contributed by atoms with Crippen LogP contribution in [0, 0.1) is 18.3 Å². The lowest BCUT2D eigenvalue weighted by Crippen LogP contribution is -2.28. The van der Waals surface area contributed by atoms with Crippen LogP contribution in [0.3, 0.4) is 0 Å². The Labute approximate surface area is 124 Å². The van der Waals surface area contributed by atoms with Crippen molar-refractivity contribution in [3.8, 4) is 0 Å². The number of aryl methyl sites for hydroxylation is 1. The minimum atomic E-state index is -1.22. The zero-order chi connectivity index (χ0) is 15.8. The number of aromatic nitrogens is 2. The highest BCUT2D eigenvalue weighted by Gasteiger charge is 2.31. The smallest absolute Gasteiger partial charge is 0.343 e. The van der Waals surface area contributed by atoms with Gasteiger partial charge in [0.25, 0.3) is 5.56 Å². The number of carbonyl (C=O) groups is 1. The number of H-pyrrole nitrogens is 1. The Balaban J connectivity index is 2.18. The second kappa shape index (κ2) is 5.62. The van der Waals surface area contributed by atoms with Crippen molar-refractivity contribution in [2.24, 2.45) is 11.3 Å². The summed E-state index contributed by atoms with van der Waals surface area (Å²) in [4.78, 5) is 29.9. The molecule has 1 aromatic rings. The molecule has 0 bridgehead atoms. The molecule has 1 aromatic heterocycles. The Hall–Kier alpha value is -1.65. The van der Waals surface area contributed by atoms with Gasteiger partial charge in [-0.1, -0.05) is 20.8 Å². The first-order valence-electron chi connectivity index (χ1n) is 7.54. The first-order chi connectivity index (χ1) is 9.70. The lowest BCUT2D eigenvalue weighted by molar-refractivity contribution is 0.0693. The zero-order valence-electron chi connectivity index (χ0n) is 13.2. The lowest BCUT2D eigenvalue weighted by Gasteiger charge is -2.36. The van der Waals surface area contributed by atoms with Crippen LogP contribution in [0.4, 0.5) is 0 Å². The van der Waals surface area contributed by atoms with Gasteiger partial charge in [-0.25, -0.2) is 9.78 Å². The second-order valence-electron chi connectivity index (χ2n) is 7.13. The monoisotopic (exact) mass is 292 g/mol. The molecular formula is C16H24N2O3. The van der Waals surface area contributed by atoms with Crippen LogP contribution in [-0.4, -0.2) is 21.0 Å². The molecule has 1 heterocycles. The Morgan fingerprint density at radius 3 is 2.24 bits per heavy atom. The third-order valence-corrected chi connectivity index (χ3v) is 4.67. The van der Waals surface area contributed by atoms with Crippen LogP contribution in [0.25, 0.3) is 0 Å². The number of nitrogens with one attached hydrogen (secondary N) is 1. The van der Waals surface area contributed by atoms with Crippen molar-refractivity contribution < 1.29 is 9.90 Å². The molecule has 0 spiro atoms. The third kappa shape index (κ3) is 3.34. The molecule has 0 aliphatic heterocycles. The number of nitrogens with zero attached hydrogens (tertiary/aromatic N) is 1. The molecule has 1 aliphatic carbocycles. The predicted molar refractivity (Wildman–Crippen MR) is 80.7 cm³/mol. The van der Waals surface area contributed by atoms with Gasteiger partial charge >= 0.3 is 5.97 Å². The van der Waals surface area contributed by atoms with Crippen LogP contribution in [0.1, 0.15) is 74.2 Å². The summed E-state index contributed by atoms with van der Waals surface area (Å²) < 4.78 is 0. The molecule has 21 heavy (non-hydrogen) atoms. The van der Waals surface area contributed by atoms with Crippen LogP contribution in [0.2, 0.25) is 0 Å². The molecule has 0 saturated heterocycles. The quantitative estimate of drug-likeness (QED) is 0.877. The average molecular weight is 292 g/mol. The van der Waals surface area contributed by atoms with Crippen LogP contribution >= 0.6 is 0 Å². The minimum Gasteiger partial charge on any atom is -0.477 e. The van der Waals surface area contributed by atoms with Crippen molar-refractivity contribution in [1.29, 1.82) is 0 Å². The molecule has 1 aliphatic rings. The molecule has 0 aromatic carbocycles. The van der Waals surface area contributed by atoms with Gasteiger partial charge in [0.15, 0.2) is 0 Å². The molecule has 2 rings (SSSR count). The Morgan fingerprint density at radius 2 is 1.81 bits per heavy atom. The van der Waals surface area contributed by atoms with Gasteiger partial charge in [0.1, 0.15) is 11.4 Å². The highest BCUT2D eigenvalue weighted by atomic mass is 16.4. The first kappa shape index (κ1) is 15.7. The summed E-state index contributed by atoms with van der Waals surface area (Å²) in [7, 11) is 0. The van der Waals surface area contributed by atoms with Gasteiger partial charge < -0.3 is 10.1 Å². The van der Waals surface area contributed by atoms with E-state index >= 15 is 0 Å². The molecule has 1 saturated carbocycles. The SMILES string of the molecule is Cc1nc(C2CCC(C(C)(C)C)CC2)[nH]c(=O)c1C(=O)O. The molecule has 1 fully saturated rings. The molecule has 0 unspecified atom stereocenters. The number of carboxylic acids is 1. The van der Waals surface area contributed by atoms with E-state index in [1.807, 2.05) is 0 Å². The average Bonchev–Trinajstić information content (AvgIpc) is 2.36. The number of hydrogen-bond donors (Lipinski definition) is 2. The van der Waals surface area contributed by atoms with E-state index in [9.17, 15) is 9.59 Å². The summed E-state index contributed by atoms with van der Waals surface area (Å²) in [5.41, 5.74) is -0.168. The highest BCUT2D eigenvalue weighted by Crippen LogP contribution is 2.42. The fourth-order valence-electron chi connectivity index (χ4n) is 3.29. The van der Waals surface area contributed by atoms with Crippen molar-refractivity contribution in [2.45, 2.75) is 59.3 Å². The van der Waals surface area contributed by atoms with Gasteiger partial charge in [-0.3, -0.25) is 4.79 Å². The molecule has 0 atom stereocenters. The standard InChI is InChI=1S/C16H24N2O3/c1-9-12(15(20)21)14(19)18-13(17-9)10-5-7-11(8-6-10)16(2,3)4/h10-11H,5-8H2,1-4H3,(H,20,21)(H,17,18,19). The van der Waals surface area contributed by atoms with Gasteiger partial charge in [0.2, 0.25) is 0 Å². The summed E-state index contributed by atoms with van der Waals surface area (Å²) in [5, 5.41) is 9.01. The second-order valence-corrected chi connectivity index (χ2v) is 7.13. The van der Waals surface area contributed by atoms with Gasteiger partial charge in [-0.05, 0) is 43.9 Å². The van der Waals surface area contributed by atoms with E-state index in [0.29, 0.717) is 22.9 Å². The Kier molecular flexibility index (Phi) is 4.21. The van der Waals surface area contributed by atoms with Crippen molar-refractivity contribution in [3.63, 3.8) is 0 Å². The third-order valence-electron chi connectivity index (χ3n) is 4.67. The summed E-state index contributed by atoms with van der Waals surface area (Å²) in [6.07, 6.45) is 4.24. The summed E-state index contributed by atoms with van der Waals surface area (Å²) >= 11 is 0. The number of hydrogen-bond acceptors (Lipinski definition) is 3. The summed E-state index contributed by atoms with van der Waals surface area (Å²) in [6.45, 7) is 8.39. The first-order valence-corrected chi connectivity index (χ1v) is 7.54. The van der Waals surface area contributed by atoms with Gasteiger partial charge in [0.05, 0.1) is 5.69 Å². The molecule has 0 radical (unpaired) electrons. The Bertz CT molecular complexity index is 591. The maximum atomic E-state index is 11.9. The van der Waals surface area contributed by atoms with Crippen LogP contribution in [0.15, 0.2) is 4.79 Å². The van der Waals surface area contributed by atoms with Crippen molar-refractivity contribution >= 4 is 5.97 Å². The number of aromatic carboxylic acids is 1. The van der Waals surface area contributed by atoms with Gasteiger partial charge in [-0.2, -0.15) is 0 Å². The van der Waals surface area contributed by atoms with E-state index < -0.39 is 11.5 Å². The van der Waals surface area contributed by atoms with E-state index in [1.54, 1.807) is 6.92 Å². The van der Waals surface area contributed by atoms with Gasteiger partial charge in [0, 0.05) is 5.92 Å². The summed E-state index contributed by atoms with van der Waals surface area (Å²) in [5.74, 6) is 0.358. The normalized spacial score (nSPS) is 23.0. The Morgan fingerprint density at radius 1 is 1.24 bits per heavy atom. The largest absolute Gasteiger partial charge is 0.477 e. The van der Waals surface area contributed by atoms with Crippen molar-refractivity contribution in [1.82, 2.24) is 9.97 Å². The molecule has 5 nitrogen and oxygen atoms in total. The molecule has 0 amide bonds. The molecule has 5 heteroatoms. The topological polar surface area (TPSA) is 83.0 Å². The lowest BCUT2D eigenvalue weighted by atomic mass is 9.69. The van der Waals surface area contributed by atoms with Crippen LogP contribution < -0.4 is 5.56 Å². The van der Waals surface area contributed by atoms with E-state index in [0.717, 1.165) is 25.7 Å². The predicted octanol–water partition coefficient (Wildman–Crippen LogP) is 3.10. The molecule has 2 N–H and O–H groups in total. The molecule has 116 valence electrons. The van der Waals surface area contributed by atoms with E-state index in [2.05, 4.69) is 30.7 Å². The highest BCUT2D eigenvalue weighted by molar-refractivity contribution is 5.88. The van der Waals surface area contributed by atoms with E-state index in [-0.39, 0.29) is 11.5 Å². The fraction of sp³-hybridized carbons (Fsp3) is 0.688. The number of carboxylic acid groups (broad SMARTS) is 1. The van der Waals surface area contributed by atoms with Crippen LogP contribution in [-0.2, 0) is 0 Å². The maximum Gasteiger partial charge on any atom is 0.343 e. The maximum absolute atomic E-state index is 11.9. The van der Waals surface area contributed by atoms with E-state index in [1.165, 1.54) is 0 Å². The molecular weight excluding hydrogens is 268 g/mol. The number of aromatic amines is 1. The van der Waals surface area contributed by atoms with E-state index in [4.69, 9.17) is 5.11 Å². The van der Waals surface area contributed by atoms with Gasteiger partial charge in [-0.15, -0.1) is 0 Å². The van der Waals surface area contributed by atoms with Crippen molar-refractivity contribution in [3.05, 3.63) is 27.4 Å². The fourth-order valence-corrected chi connectivity index (χ4v) is 3.29. The van der Waals surface area contributed by atoms with Crippen molar-refractivity contribution in [2.75, 3.05) is 0 Å². The number of rotatable bonds is 2.